The van der Waals surface area contributed by atoms with Gasteiger partial charge in [-0.25, -0.2) is 0 Å². The van der Waals surface area contributed by atoms with E-state index in [1.807, 2.05) is 12.1 Å². The van der Waals surface area contributed by atoms with Crippen LogP contribution in [-0.2, 0) is 0 Å². The van der Waals surface area contributed by atoms with Crippen LogP contribution in [0.15, 0.2) is 45.3 Å². The fourth-order valence-corrected chi connectivity index (χ4v) is 2.50. The van der Waals surface area contributed by atoms with Crippen LogP contribution >= 0.6 is 43.5 Å². The quantitative estimate of drug-likeness (QED) is 0.753. The Morgan fingerprint density at radius 3 is 2.65 bits per heavy atom. The van der Waals surface area contributed by atoms with Gasteiger partial charge >= 0.3 is 0 Å². The second kappa shape index (κ2) is 6.40. The number of hydrogen-bond donors (Lipinski definition) is 1. The van der Waals surface area contributed by atoms with Crippen LogP contribution in [0.4, 0.5) is 5.69 Å². The monoisotopic (exact) mass is 412 g/mol. The lowest BCUT2D eigenvalue weighted by Crippen LogP contribution is -2.13. The highest BCUT2D eigenvalue weighted by atomic mass is 79.9. The molecule has 0 aliphatic rings. The molecule has 0 aromatic heterocycles. The van der Waals surface area contributed by atoms with Gasteiger partial charge in [-0.3, -0.25) is 4.79 Å². The van der Waals surface area contributed by atoms with Crippen LogP contribution in [0.3, 0.4) is 0 Å². The zero-order chi connectivity index (χ0) is 14.7. The van der Waals surface area contributed by atoms with Crippen LogP contribution in [0.2, 0.25) is 5.02 Å². The molecule has 0 aliphatic heterocycles. The molecule has 0 saturated carbocycles. The van der Waals surface area contributed by atoms with Crippen molar-refractivity contribution in [2.24, 2.45) is 0 Å². The molecule has 1 N–H and O–H groups in total. The van der Waals surface area contributed by atoms with E-state index in [-0.39, 0.29) is 5.91 Å². The van der Waals surface area contributed by atoms with Gasteiger partial charge in [0.05, 0.1) is 27.9 Å². The summed E-state index contributed by atoms with van der Waals surface area (Å²) in [6, 6.07) is 12.0. The van der Waals surface area contributed by atoms with Crippen molar-refractivity contribution in [2.75, 3.05) is 5.32 Å². The van der Waals surface area contributed by atoms with Crippen molar-refractivity contribution in [3.8, 4) is 6.07 Å². The SMILES string of the molecule is N#Cc1ccc(Cl)c(NC(=O)c2cc(Br)ccc2Br)c1. The van der Waals surface area contributed by atoms with Crippen LogP contribution in [-0.4, -0.2) is 5.91 Å². The Bertz CT molecular complexity index is 726. The second-order valence-corrected chi connectivity index (χ2v) is 6.06. The Hall–Kier alpha value is -1.35. The summed E-state index contributed by atoms with van der Waals surface area (Å²) in [6.07, 6.45) is 0. The minimum atomic E-state index is -0.310. The molecule has 0 radical (unpaired) electrons. The molecular formula is C14H7Br2ClN2O. The number of hydrogen-bond acceptors (Lipinski definition) is 2. The first-order valence-corrected chi connectivity index (χ1v) is 7.43. The molecule has 0 unspecified atom stereocenters. The Kier molecular flexibility index (Phi) is 4.81. The molecule has 0 atom stereocenters. The first-order valence-electron chi connectivity index (χ1n) is 5.47. The van der Waals surface area contributed by atoms with E-state index in [0.717, 1.165) is 4.47 Å². The molecule has 2 rings (SSSR count). The van der Waals surface area contributed by atoms with Crippen molar-refractivity contribution >= 4 is 55.1 Å². The van der Waals surface area contributed by atoms with Crippen molar-refractivity contribution in [1.29, 1.82) is 5.26 Å². The number of nitrogens with one attached hydrogen (secondary N) is 1. The molecule has 100 valence electrons. The lowest BCUT2D eigenvalue weighted by molar-refractivity contribution is 0.102. The summed E-state index contributed by atoms with van der Waals surface area (Å²) in [5.41, 5.74) is 1.30. The van der Waals surface area contributed by atoms with Gasteiger partial charge in [0.2, 0.25) is 0 Å². The molecule has 2 aromatic carbocycles. The van der Waals surface area contributed by atoms with Crippen molar-refractivity contribution in [2.45, 2.75) is 0 Å². The number of nitriles is 1. The average molecular weight is 414 g/mol. The van der Waals surface area contributed by atoms with E-state index in [2.05, 4.69) is 37.2 Å². The number of nitrogens with zero attached hydrogens (tertiary/aromatic N) is 1. The maximum Gasteiger partial charge on any atom is 0.256 e. The zero-order valence-corrected chi connectivity index (χ0v) is 13.9. The van der Waals surface area contributed by atoms with Gasteiger partial charge < -0.3 is 5.32 Å². The van der Waals surface area contributed by atoms with E-state index < -0.39 is 0 Å². The third-order valence-corrected chi connectivity index (χ3v) is 4.03. The zero-order valence-electron chi connectivity index (χ0n) is 9.95. The molecule has 20 heavy (non-hydrogen) atoms. The first kappa shape index (κ1) is 15.0. The molecule has 3 nitrogen and oxygen atoms in total. The van der Waals surface area contributed by atoms with Gasteiger partial charge in [0.25, 0.3) is 5.91 Å². The maximum atomic E-state index is 12.2. The van der Waals surface area contributed by atoms with Gasteiger partial charge in [-0.15, -0.1) is 0 Å². The van der Waals surface area contributed by atoms with Gasteiger partial charge in [0.1, 0.15) is 0 Å². The van der Waals surface area contributed by atoms with Gasteiger partial charge in [0, 0.05) is 8.95 Å². The van der Waals surface area contributed by atoms with Gasteiger partial charge in [-0.2, -0.15) is 5.26 Å². The summed E-state index contributed by atoms with van der Waals surface area (Å²) in [4.78, 5) is 12.2. The first-order chi connectivity index (χ1) is 9.51. The Morgan fingerprint density at radius 2 is 1.95 bits per heavy atom. The molecule has 2 aromatic rings. The molecule has 0 heterocycles. The molecule has 0 aliphatic carbocycles. The number of anilines is 1. The standard InChI is InChI=1S/C14H7Br2ClN2O/c15-9-2-3-11(16)10(6-9)14(20)19-13-5-8(7-18)1-4-12(13)17/h1-6H,(H,19,20). The van der Waals surface area contributed by atoms with E-state index in [0.29, 0.717) is 26.3 Å². The van der Waals surface area contributed by atoms with E-state index in [1.54, 1.807) is 24.3 Å². The third kappa shape index (κ3) is 3.40. The highest BCUT2D eigenvalue weighted by Gasteiger charge is 2.12. The van der Waals surface area contributed by atoms with E-state index in [9.17, 15) is 4.79 Å². The number of halogens is 3. The molecule has 0 bridgehead atoms. The summed E-state index contributed by atoms with van der Waals surface area (Å²) in [5.74, 6) is -0.310. The molecule has 0 fully saturated rings. The summed E-state index contributed by atoms with van der Waals surface area (Å²) >= 11 is 12.7. The maximum absolute atomic E-state index is 12.2. The average Bonchev–Trinajstić information content (AvgIpc) is 2.43. The van der Waals surface area contributed by atoms with Gasteiger partial charge in [-0.05, 0) is 52.3 Å². The smallest absolute Gasteiger partial charge is 0.256 e. The van der Waals surface area contributed by atoms with E-state index in [4.69, 9.17) is 16.9 Å². The fraction of sp³-hybridized carbons (Fsp3) is 0. The van der Waals surface area contributed by atoms with Crippen LogP contribution in [0.1, 0.15) is 15.9 Å². The van der Waals surface area contributed by atoms with Gasteiger partial charge in [-0.1, -0.05) is 27.5 Å². The summed E-state index contributed by atoms with van der Waals surface area (Å²) in [6.45, 7) is 0. The number of carbonyl (C=O) groups excluding carboxylic acids is 1. The van der Waals surface area contributed by atoms with Crippen LogP contribution < -0.4 is 5.32 Å². The van der Waals surface area contributed by atoms with Crippen LogP contribution in [0.5, 0.6) is 0 Å². The minimum absolute atomic E-state index is 0.310. The van der Waals surface area contributed by atoms with Gasteiger partial charge in [0.15, 0.2) is 0 Å². The van der Waals surface area contributed by atoms with E-state index >= 15 is 0 Å². The number of amides is 1. The Balaban J connectivity index is 2.33. The third-order valence-electron chi connectivity index (χ3n) is 2.52. The molecule has 0 spiro atoms. The fourth-order valence-electron chi connectivity index (χ4n) is 1.55. The predicted octanol–water partition coefficient (Wildman–Crippen LogP) is 4.99. The lowest BCUT2D eigenvalue weighted by Gasteiger charge is -2.09. The van der Waals surface area contributed by atoms with Crippen molar-refractivity contribution in [1.82, 2.24) is 0 Å². The van der Waals surface area contributed by atoms with E-state index in [1.165, 1.54) is 6.07 Å². The minimum Gasteiger partial charge on any atom is -0.321 e. The molecule has 6 heteroatoms. The topological polar surface area (TPSA) is 52.9 Å². The summed E-state index contributed by atoms with van der Waals surface area (Å²) in [5, 5.41) is 11.9. The largest absolute Gasteiger partial charge is 0.321 e. The normalized spacial score (nSPS) is 9.90. The van der Waals surface area contributed by atoms with Crippen LogP contribution in [0.25, 0.3) is 0 Å². The highest BCUT2D eigenvalue weighted by molar-refractivity contribution is 9.11. The lowest BCUT2D eigenvalue weighted by atomic mass is 10.2. The van der Waals surface area contributed by atoms with Crippen molar-refractivity contribution < 1.29 is 4.79 Å². The second-order valence-electron chi connectivity index (χ2n) is 3.88. The van der Waals surface area contributed by atoms with Crippen LogP contribution in [0, 0.1) is 11.3 Å². The summed E-state index contributed by atoms with van der Waals surface area (Å²) < 4.78 is 1.47. The van der Waals surface area contributed by atoms with Crippen molar-refractivity contribution in [3.63, 3.8) is 0 Å². The highest BCUT2D eigenvalue weighted by Crippen LogP contribution is 2.26. The number of carbonyl (C=O) groups is 1. The number of benzene rings is 2. The number of rotatable bonds is 2. The molecule has 0 saturated heterocycles. The Morgan fingerprint density at radius 1 is 1.20 bits per heavy atom. The molecular weight excluding hydrogens is 407 g/mol. The summed E-state index contributed by atoms with van der Waals surface area (Å²) in [7, 11) is 0. The predicted molar refractivity (Wildman–Crippen MR) is 86.0 cm³/mol. The Labute approximate surface area is 137 Å². The molecule has 1 amide bonds. The van der Waals surface area contributed by atoms with Crippen molar-refractivity contribution in [3.05, 3.63) is 61.5 Å².